The van der Waals surface area contributed by atoms with E-state index in [0.29, 0.717) is 28.6 Å². The number of ether oxygens (including phenoxy) is 2. The molecule has 1 aliphatic heterocycles. The highest BCUT2D eigenvalue weighted by Gasteiger charge is 2.23. The third kappa shape index (κ3) is 1.19. The fraction of sp³-hybridized carbons (Fsp3) is 0.100. The second-order valence-electron chi connectivity index (χ2n) is 3.36. The number of aromatic amines is 1. The fourth-order valence-corrected chi connectivity index (χ4v) is 1.66. The van der Waals surface area contributed by atoms with Crippen LogP contribution in [0.15, 0.2) is 18.2 Å². The molecule has 1 aromatic carbocycles. The Morgan fingerprint density at radius 3 is 3.00 bits per heavy atom. The van der Waals surface area contributed by atoms with Crippen LogP contribution in [-0.4, -0.2) is 17.0 Å². The summed E-state index contributed by atoms with van der Waals surface area (Å²) in [6.07, 6.45) is 0. The van der Waals surface area contributed by atoms with Crippen LogP contribution in [0.2, 0.25) is 0 Å². The number of anilines is 1. The molecule has 0 atom stereocenters. The Morgan fingerprint density at radius 1 is 1.38 bits per heavy atom. The standard InChI is InChI=1S/C10H8FN3O2/c11-5-1-2-7-10(16-4-15-7)9(5)6-3-8(12)14-13-6/h1-3H,4H2,(H3,12,13,14). The molecule has 1 aliphatic rings. The first-order valence-electron chi connectivity index (χ1n) is 4.65. The minimum Gasteiger partial charge on any atom is -0.454 e. The molecule has 3 N–H and O–H groups in total. The van der Waals surface area contributed by atoms with Crippen LogP contribution in [-0.2, 0) is 0 Å². The summed E-state index contributed by atoms with van der Waals surface area (Å²) >= 11 is 0. The maximum absolute atomic E-state index is 13.7. The van der Waals surface area contributed by atoms with Crippen molar-refractivity contribution in [1.29, 1.82) is 0 Å². The van der Waals surface area contributed by atoms with E-state index in [-0.39, 0.29) is 6.79 Å². The number of rotatable bonds is 1. The lowest BCUT2D eigenvalue weighted by molar-refractivity contribution is 0.174. The van der Waals surface area contributed by atoms with Crippen molar-refractivity contribution in [3.63, 3.8) is 0 Å². The van der Waals surface area contributed by atoms with Gasteiger partial charge >= 0.3 is 0 Å². The number of benzene rings is 1. The van der Waals surface area contributed by atoms with Gasteiger partial charge in [0.25, 0.3) is 0 Å². The Hall–Kier alpha value is -2.24. The molecule has 2 heterocycles. The molecule has 82 valence electrons. The molecule has 0 bridgehead atoms. The molecule has 0 saturated heterocycles. The van der Waals surface area contributed by atoms with Crippen molar-refractivity contribution in [2.45, 2.75) is 0 Å². The Kier molecular flexibility index (Phi) is 1.76. The lowest BCUT2D eigenvalue weighted by Crippen LogP contribution is -1.94. The molecule has 6 heteroatoms. The van der Waals surface area contributed by atoms with E-state index in [4.69, 9.17) is 15.2 Å². The van der Waals surface area contributed by atoms with E-state index in [1.54, 1.807) is 6.07 Å². The Labute approximate surface area is 90.0 Å². The van der Waals surface area contributed by atoms with Crippen LogP contribution in [0.5, 0.6) is 11.5 Å². The summed E-state index contributed by atoms with van der Waals surface area (Å²) in [7, 11) is 0. The molecule has 1 aromatic heterocycles. The molecule has 0 saturated carbocycles. The average molecular weight is 221 g/mol. The second kappa shape index (κ2) is 3.13. The summed E-state index contributed by atoms with van der Waals surface area (Å²) in [6.45, 7) is 0.0927. The van der Waals surface area contributed by atoms with E-state index < -0.39 is 5.82 Å². The molecule has 3 rings (SSSR count). The van der Waals surface area contributed by atoms with E-state index in [2.05, 4.69) is 10.2 Å². The fourth-order valence-electron chi connectivity index (χ4n) is 1.66. The average Bonchev–Trinajstić information content (AvgIpc) is 2.86. The zero-order valence-corrected chi connectivity index (χ0v) is 8.16. The van der Waals surface area contributed by atoms with Gasteiger partial charge in [-0.1, -0.05) is 0 Å². The predicted octanol–water partition coefficient (Wildman–Crippen LogP) is 1.53. The van der Waals surface area contributed by atoms with Gasteiger partial charge in [0.2, 0.25) is 6.79 Å². The summed E-state index contributed by atoms with van der Waals surface area (Å²) in [5.41, 5.74) is 6.24. The van der Waals surface area contributed by atoms with Crippen molar-refractivity contribution in [3.8, 4) is 22.8 Å². The van der Waals surface area contributed by atoms with Crippen molar-refractivity contribution in [2.24, 2.45) is 0 Å². The van der Waals surface area contributed by atoms with E-state index in [1.165, 1.54) is 12.1 Å². The SMILES string of the molecule is Nc1cc(-c2c(F)ccc3c2OCO3)[nH]n1. The molecule has 0 fully saturated rings. The number of H-pyrrole nitrogens is 1. The van der Waals surface area contributed by atoms with Crippen LogP contribution in [0, 0.1) is 5.82 Å². The maximum Gasteiger partial charge on any atom is 0.231 e. The highest BCUT2D eigenvalue weighted by Crippen LogP contribution is 2.42. The smallest absolute Gasteiger partial charge is 0.231 e. The van der Waals surface area contributed by atoms with Gasteiger partial charge in [-0.25, -0.2) is 4.39 Å². The van der Waals surface area contributed by atoms with Crippen LogP contribution in [0.4, 0.5) is 10.2 Å². The number of nitrogens with two attached hydrogens (primary N) is 1. The first kappa shape index (κ1) is 9.02. The van der Waals surface area contributed by atoms with E-state index in [9.17, 15) is 4.39 Å². The van der Waals surface area contributed by atoms with Gasteiger partial charge in [-0.15, -0.1) is 0 Å². The zero-order valence-electron chi connectivity index (χ0n) is 8.16. The molecule has 0 aliphatic carbocycles. The number of fused-ring (bicyclic) bond motifs is 1. The Morgan fingerprint density at radius 2 is 2.25 bits per heavy atom. The van der Waals surface area contributed by atoms with Gasteiger partial charge in [0.15, 0.2) is 11.5 Å². The summed E-state index contributed by atoms with van der Waals surface area (Å²) < 4.78 is 24.1. The molecule has 0 unspecified atom stereocenters. The highest BCUT2D eigenvalue weighted by molar-refractivity contribution is 5.73. The van der Waals surface area contributed by atoms with Crippen LogP contribution in [0.1, 0.15) is 0 Å². The highest BCUT2D eigenvalue weighted by atomic mass is 19.1. The summed E-state index contributed by atoms with van der Waals surface area (Å²) in [4.78, 5) is 0. The van der Waals surface area contributed by atoms with Crippen LogP contribution in [0.3, 0.4) is 0 Å². The first-order valence-corrected chi connectivity index (χ1v) is 4.65. The zero-order chi connectivity index (χ0) is 11.1. The number of aromatic nitrogens is 2. The normalized spacial score (nSPS) is 13.1. The van der Waals surface area contributed by atoms with Crippen molar-refractivity contribution in [2.75, 3.05) is 12.5 Å². The van der Waals surface area contributed by atoms with Crippen LogP contribution < -0.4 is 15.2 Å². The number of hydrogen-bond donors (Lipinski definition) is 2. The van der Waals surface area contributed by atoms with Crippen LogP contribution >= 0.6 is 0 Å². The van der Waals surface area contributed by atoms with Gasteiger partial charge in [0, 0.05) is 6.07 Å². The molecule has 2 aromatic rings. The third-order valence-electron chi connectivity index (χ3n) is 2.36. The topological polar surface area (TPSA) is 73.2 Å². The Balaban J connectivity index is 2.23. The molecule has 0 radical (unpaired) electrons. The molecule has 0 amide bonds. The summed E-state index contributed by atoms with van der Waals surface area (Å²) in [5, 5.41) is 6.39. The van der Waals surface area contributed by atoms with Gasteiger partial charge in [-0.3, -0.25) is 5.10 Å². The summed E-state index contributed by atoms with van der Waals surface area (Å²) in [6, 6.07) is 4.39. The first-order chi connectivity index (χ1) is 7.75. The number of halogens is 1. The van der Waals surface area contributed by atoms with Gasteiger partial charge in [0.05, 0.1) is 11.3 Å². The van der Waals surface area contributed by atoms with E-state index in [0.717, 1.165) is 0 Å². The molecule has 16 heavy (non-hydrogen) atoms. The maximum atomic E-state index is 13.7. The van der Waals surface area contributed by atoms with Crippen molar-refractivity contribution in [1.82, 2.24) is 10.2 Å². The van der Waals surface area contributed by atoms with E-state index >= 15 is 0 Å². The summed E-state index contributed by atoms with van der Waals surface area (Å²) in [5.74, 6) is 0.784. The number of nitrogen functional groups attached to an aromatic ring is 1. The van der Waals surface area contributed by atoms with E-state index in [1.807, 2.05) is 0 Å². The lowest BCUT2D eigenvalue weighted by atomic mass is 10.1. The molecule has 0 spiro atoms. The van der Waals surface area contributed by atoms with Crippen LogP contribution in [0.25, 0.3) is 11.3 Å². The lowest BCUT2D eigenvalue weighted by Gasteiger charge is -2.04. The number of nitrogens with one attached hydrogen (secondary N) is 1. The Bertz CT molecular complexity index is 553. The quantitative estimate of drug-likeness (QED) is 0.765. The largest absolute Gasteiger partial charge is 0.454 e. The minimum atomic E-state index is -0.409. The molecular weight excluding hydrogens is 213 g/mol. The van der Waals surface area contributed by atoms with Crippen molar-refractivity contribution < 1.29 is 13.9 Å². The number of nitrogens with zero attached hydrogens (tertiary/aromatic N) is 1. The molecular formula is C10H8FN3O2. The van der Waals surface area contributed by atoms with Gasteiger partial charge in [0.1, 0.15) is 11.6 Å². The van der Waals surface area contributed by atoms with Gasteiger partial charge < -0.3 is 15.2 Å². The third-order valence-corrected chi connectivity index (χ3v) is 2.36. The van der Waals surface area contributed by atoms with Gasteiger partial charge in [-0.2, -0.15) is 5.10 Å². The van der Waals surface area contributed by atoms with Gasteiger partial charge in [-0.05, 0) is 12.1 Å². The number of hydrogen-bond acceptors (Lipinski definition) is 4. The van der Waals surface area contributed by atoms with Crippen molar-refractivity contribution >= 4 is 5.82 Å². The monoisotopic (exact) mass is 221 g/mol. The molecule has 5 nitrogen and oxygen atoms in total. The second-order valence-corrected chi connectivity index (χ2v) is 3.36. The van der Waals surface area contributed by atoms with Crippen molar-refractivity contribution in [3.05, 3.63) is 24.0 Å². The predicted molar refractivity (Wildman–Crippen MR) is 54.5 cm³/mol. The minimum absolute atomic E-state index is 0.0927.